The fourth-order valence-corrected chi connectivity index (χ4v) is 3.31. The summed E-state index contributed by atoms with van der Waals surface area (Å²) < 4.78 is 0. The Kier molecular flexibility index (Phi) is 6.34. The van der Waals surface area contributed by atoms with E-state index in [1.54, 1.807) is 0 Å². The second kappa shape index (κ2) is 8.26. The summed E-state index contributed by atoms with van der Waals surface area (Å²) in [5, 5.41) is 3.98. The fraction of sp³-hybridized carbons (Fsp3) is 0.368. The van der Waals surface area contributed by atoms with Crippen LogP contribution in [0, 0.1) is 5.92 Å². The standard InChI is InChI=1S/C19H25NS/c1-15(2)13-20-14-17-8-7-11-19(12-17)21-16(3)18-9-5-4-6-10-18/h4-12,15-16,20H,13-14H2,1-3H3. The van der Waals surface area contributed by atoms with Gasteiger partial charge in [-0.1, -0.05) is 56.3 Å². The van der Waals surface area contributed by atoms with Gasteiger partial charge in [0.2, 0.25) is 0 Å². The quantitative estimate of drug-likeness (QED) is 0.698. The van der Waals surface area contributed by atoms with Crippen LogP contribution < -0.4 is 5.32 Å². The summed E-state index contributed by atoms with van der Waals surface area (Å²) in [4.78, 5) is 1.34. The number of rotatable bonds is 7. The Bertz CT molecular complexity index is 536. The average Bonchev–Trinajstić information content (AvgIpc) is 2.48. The molecule has 0 saturated heterocycles. The molecule has 1 unspecified atom stereocenters. The third-order valence-electron chi connectivity index (χ3n) is 3.36. The summed E-state index contributed by atoms with van der Waals surface area (Å²) in [5.74, 6) is 0.695. The van der Waals surface area contributed by atoms with Crippen molar-refractivity contribution >= 4 is 11.8 Å². The van der Waals surface area contributed by atoms with Crippen LogP contribution in [0.15, 0.2) is 59.5 Å². The van der Waals surface area contributed by atoms with Crippen LogP contribution in [0.3, 0.4) is 0 Å². The highest BCUT2D eigenvalue weighted by Gasteiger charge is 2.07. The van der Waals surface area contributed by atoms with Crippen molar-refractivity contribution in [1.82, 2.24) is 5.32 Å². The molecule has 0 bridgehead atoms. The van der Waals surface area contributed by atoms with Gasteiger partial charge in [0.05, 0.1) is 0 Å². The van der Waals surface area contributed by atoms with Gasteiger partial charge >= 0.3 is 0 Å². The molecule has 112 valence electrons. The molecule has 0 aliphatic carbocycles. The molecule has 2 heteroatoms. The maximum Gasteiger partial charge on any atom is 0.0316 e. The van der Waals surface area contributed by atoms with E-state index in [2.05, 4.69) is 80.7 Å². The van der Waals surface area contributed by atoms with E-state index in [0.717, 1.165) is 13.1 Å². The van der Waals surface area contributed by atoms with E-state index in [1.165, 1.54) is 16.0 Å². The zero-order valence-electron chi connectivity index (χ0n) is 13.2. The Morgan fingerprint density at radius 3 is 2.43 bits per heavy atom. The molecule has 0 fully saturated rings. The maximum atomic E-state index is 3.50. The zero-order valence-corrected chi connectivity index (χ0v) is 14.0. The van der Waals surface area contributed by atoms with E-state index in [9.17, 15) is 0 Å². The summed E-state index contributed by atoms with van der Waals surface area (Å²) in [5.41, 5.74) is 2.74. The lowest BCUT2D eigenvalue weighted by molar-refractivity contribution is 0.552. The van der Waals surface area contributed by atoms with Crippen molar-refractivity contribution in [3.63, 3.8) is 0 Å². The molecule has 0 heterocycles. The van der Waals surface area contributed by atoms with Crippen LogP contribution in [0.1, 0.15) is 37.1 Å². The van der Waals surface area contributed by atoms with Gasteiger partial charge in [0.25, 0.3) is 0 Å². The molecule has 0 spiro atoms. The molecule has 0 radical (unpaired) electrons. The van der Waals surface area contributed by atoms with Crippen LogP contribution in [0.25, 0.3) is 0 Å². The molecule has 0 aliphatic heterocycles. The van der Waals surface area contributed by atoms with Crippen molar-refractivity contribution in [3.05, 3.63) is 65.7 Å². The van der Waals surface area contributed by atoms with E-state index in [4.69, 9.17) is 0 Å². The molecule has 21 heavy (non-hydrogen) atoms. The molecule has 2 rings (SSSR count). The summed E-state index contributed by atoms with van der Waals surface area (Å²) in [7, 11) is 0. The van der Waals surface area contributed by atoms with Gasteiger partial charge in [0.1, 0.15) is 0 Å². The topological polar surface area (TPSA) is 12.0 Å². The van der Waals surface area contributed by atoms with Crippen molar-refractivity contribution in [2.75, 3.05) is 6.54 Å². The van der Waals surface area contributed by atoms with Gasteiger partial charge in [-0.2, -0.15) is 0 Å². The lowest BCUT2D eigenvalue weighted by Gasteiger charge is -2.13. The second-order valence-electron chi connectivity index (χ2n) is 5.84. The normalized spacial score (nSPS) is 12.6. The highest BCUT2D eigenvalue weighted by atomic mass is 32.2. The predicted molar refractivity (Wildman–Crippen MR) is 93.7 cm³/mol. The summed E-state index contributed by atoms with van der Waals surface area (Å²) in [6.45, 7) is 8.76. The number of thioether (sulfide) groups is 1. The third-order valence-corrected chi connectivity index (χ3v) is 4.51. The van der Waals surface area contributed by atoms with Gasteiger partial charge in [0, 0.05) is 16.7 Å². The Hall–Kier alpha value is -1.25. The first-order valence-electron chi connectivity index (χ1n) is 7.66. The molecule has 1 N–H and O–H groups in total. The van der Waals surface area contributed by atoms with Crippen molar-refractivity contribution in [2.45, 2.75) is 37.5 Å². The SMILES string of the molecule is CC(C)CNCc1cccc(SC(C)c2ccccc2)c1. The fourth-order valence-electron chi connectivity index (χ4n) is 2.23. The molecular formula is C19H25NS. The van der Waals surface area contributed by atoms with Gasteiger partial charge in [-0.15, -0.1) is 11.8 Å². The van der Waals surface area contributed by atoms with E-state index in [1.807, 2.05) is 11.8 Å². The first kappa shape index (κ1) is 16.1. The molecule has 0 amide bonds. The molecule has 2 aromatic rings. The van der Waals surface area contributed by atoms with Crippen LogP contribution >= 0.6 is 11.8 Å². The minimum absolute atomic E-state index is 0.477. The van der Waals surface area contributed by atoms with E-state index >= 15 is 0 Å². The first-order chi connectivity index (χ1) is 10.1. The monoisotopic (exact) mass is 299 g/mol. The van der Waals surface area contributed by atoms with Gasteiger partial charge in [-0.25, -0.2) is 0 Å². The third kappa shape index (κ3) is 5.56. The highest BCUT2D eigenvalue weighted by molar-refractivity contribution is 7.99. The molecule has 0 aromatic heterocycles. The Morgan fingerprint density at radius 2 is 1.71 bits per heavy atom. The summed E-state index contributed by atoms with van der Waals surface area (Å²) in [6.07, 6.45) is 0. The van der Waals surface area contributed by atoms with Crippen LogP contribution in [-0.2, 0) is 6.54 Å². The molecular weight excluding hydrogens is 274 g/mol. The average molecular weight is 299 g/mol. The van der Waals surface area contributed by atoms with E-state index in [0.29, 0.717) is 11.2 Å². The zero-order chi connectivity index (χ0) is 15.1. The number of hydrogen-bond acceptors (Lipinski definition) is 2. The first-order valence-corrected chi connectivity index (χ1v) is 8.54. The Labute approximate surface area is 133 Å². The molecule has 0 saturated carbocycles. The Morgan fingerprint density at radius 1 is 0.952 bits per heavy atom. The lowest BCUT2D eigenvalue weighted by Crippen LogP contribution is -2.18. The van der Waals surface area contributed by atoms with Crippen LogP contribution in [0.5, 0.6) is 0 Å². The van der Waals surface area contributed by atoms with Gasteiger partial charge < -0.3 is 5.32 Å². The van der Waals surface area contributed by atoms with Gasteiger partial charge in [-0.3, -0.25) is 0 Å². The van der Waals surface area contributed by atoms with Crippen molar-refractivity contribution in [2.24, 2.45) is 5.92 Å². The smallest absolute Gasteiger partial charge is 0.0316 e. The number of benzene rings is 2. The molecule has 0 aliphatic rings. The van der Waals surface area contributed by atoms with Gasteiger partial charge in [0.15, 0.2) is 0 Å². The largest absolute Gasteiger partial charge is 0.312 e. The van der Waals surface area contributed by atoms with Crippen LogP contribution in [0.4, 0.5) is 0 Å². The van der Waals surface area contributed by atoms with E-state index in [-0.39, 0.29) is 0 Å². The molecule has 1 atom stereocenters. The van der Waals surface area contributed by atoms with Crippen LogP contribution in [-0.4, -0.2) is 6.54 Å². The molecule has 1 nitrogen and oxygen atoms in total. The second-order valence-corrected chi connectivity index (χ2v) is 7.26. The van der Waals surface area contributed by atoms with Crippen LogP contribution in [0.2, 0.25) is 0 Å². The lowest BCUT2D eigenvalue weighted by atomic mass is 10.2. The maximum absolute atomic E-state index is 3.50. The number of nitrogens with one attached hydrogen (secondary N) is 1. The summed E-state index contributed by atoms with van der Waals surface area (Å²) in [6, 6.07) is 19.6. The highest BCUT2D eigenvalue weighted by Crippen LogP contribution is 2.34. The van der Waals surface area contributed by atoms with Crippen molar-refractivity contribution in [3.8, 4) is 0 Å². The molecule has 2 aromatic carbocycles. The van der Waals surface area contributed by atoms with Gasteiger partial charge in [-0.05, 0) is 42.6 Å². The predicted octanol–water partition coefficient (Wildman–Crippen LogP) is 5.29. The number of hydrogen-bond donors (Lipinski definition) is 1. The summed E-state index contributed by atoms with van der Waals surface area (Å²) >= 11 is 1.92. The van der Waals surface area contributed by atoms with E-state index < -0.39 is 0 Å². The minimum Gasteiger partial charge on any atom is -0.312 e. The van der Waals surface area contributed by atoms with Crippen molar-refractivity contribution in [1.29, 1.82) is 0 Å². The Balaban J connectivity index is 1.94. The van der Waals surface area contributed by atoms with Crippen molar-refractivity contribution < 1.29 is 0 Å². The minimum atomic E-state index is 0.477.